The summed E-state index contributed by atoms with van der Waals surface area (Å²) < 4.78 is 0. The van der Waals surface area contributed by atoms with Gasteiger partial charge in [-0.1, -0.05) is 40.5 Å². The zero-order valence-electron chi connectivity index (χ0n) is 13.2. The van der Waals surface area contributed by atoms with Crippen LogP contribution in [-0.4, -0.2) is 29.9 Å². The van der Waals surface area contributed by atoms with E-state index in [9.17, 15) is 4.79 Å². The standard InChI is InChI=1S/C16H32N2O/c1-13(16(2,3)4)12-15(19)18(11-7-10-17)14-8-5-6-9-14/h13-14H,5-12,17H2,1-4H3. The average Bonchev–Trinajstić information content (AvgIpc) is 2.81. The third kappa shape index (κ3) is 5.13. The Hall–Kier alpha value is -0.570. The molecule has 1 rings (SSSR count). The van der Waals surface area contributed by atoms with Crippen LogP contribution in [0.1, 0.15) is 66.2 Å². The first-order chi connectivity index (χ1) is 8.86. The molecular weight excluding hydrogens is 236 g/mol. The highest BCUT2D eigenvalue weighted by atomic mass is 16.2. The molecule has 1 fully saturated rings. The van der Waals surface area contributed by atoms with Gasteiger partial charge in [-0.25, -0.2) is 0 Å². The Morgan fingerprint density at radius 3 is 2.37 bits per heavy atom. The van der Waals surface area contributed by atoms with Crippen LogP contribution < -0.4 is 5.73 Å². The summed E-state index contributed by atoms with van der Waals surface area (Å²) >= 11 is 0. The second-order valence-corrected chi connectivity index (χ2v) is 7.14. The van der Waals surface area contributed by atoms with E-state index >= 15 is 0 Å². The quantitative estimate of drug-likeness (QED) is 0.804. The van der Waals surface area contributed by atoms with Crippen molar-refractivity contribution in [2.45, 2.75) is 72.3 Å². The van der Waals surface area contributed by atoms with Crippen LogP contribution in [-0.2, 0) is 4.79 Å². The number of nitrogens with two attached hydrogens (primary N) is 1. The minimum Gasteiger partial charge on any atom is -0.340 e. The number of rotatable bonds is 6. The van der Waals surface area contributed by atoms with E-state index in [1.807, 2.05) is 0 Å². The molecule has 2 N–H and O–H groups in total. The summed E-state index contributed by atoms with van der Waals surface area (Å²) in [4.78, 5) is 14.7. The van der Waals surface area contributed by atoms with E-state index in [0.717, 1.165) is 13.0 Å². The van der Waals surface area contributed by atoms with Crippen molar-refractivity contribution >= 4 is 5.91 Å². The van der Waals surface area contributed by atoms with Gasteiger partial charge in [-0.05, 0) is 37.1 Å². The van der Waals surface area contributed by atoms with Crippen molar-refractivity contribution < 1.29 is 4.79 Å². The van der Waals surface area contributed by atoms with Crippen molar-refractivity contribution in [3.8, 4) is 0 Å². The highest BCUT2D eigenvalue weighted by molar-refractivity contribution is 5.76. The molecule has 1 unspecified atom stereocenters. The maximum atomic E-state index is 12.6. The summed E-state index contributed by atoms with van der Waals surface area (Å²) in [6.07, 6.45) is 6.49. The summed E-state index contributed by atoms with van der Waals surface area (Å²) in [6, 6.07) is 0.478. The number of hydrogen-bond donors (Lipinski definition) is 1. The fourth-order valence-electron chi connectivity index (χ4n) is 2.67. The monoisotopic (exact) mass is 268 g/mol. The van der Waals surface area contributed by atoms with Crippen LogP contribution in [0.2, 0.25) is 0 Å². The number of nitrogens with zero attached hydrogens (tertiary/aromatic N) is 1. The lowest BCUT2D eigenvalue weighted by Gasteiger charge is -2.33. The molecule has 0 heterocycles. The van der Waals surface area contributed by atoms with Gasteiger partial charge in [-0.15, -0.1) is 0 Å². The van der Waals surface area contributed by atoms with Gasteiger partial charge in [0.15, 0.2) is 0 Å². The van der Waals surface area contributed by atoms with Crippen LogP contribution in [0, 0.1) is 11.3 Å². The second kappa shape index (κ2) is 7.28. The summed E-state index contributed by atoms with van der Waals surface area (Å²) in [6.45, 7) is 10.3. The molecule has 3 heteroatoms. The number of carbonyl (C=O) groups is 1. The predicted molar refractivity (Wildman–Crippen MR) is 80.9 cm³/mol. The smallest absolute Gasteiger partial charge is 0.223 e. The number of hydrogen-bond acceptors (Lipinski definition) is 2. The van der Waals surface area contributed by atoms with Crippen molar-refractivity contribution in [1.29, 1.82) is 0 Å². The van der Waals surface area contributed by atoms with Gasteiger partial charge >= 0.3 is 0 Å². The lowest BCUT2D eigenvalue weighted by Crippen LogP contribution is -2.41. The van der Waals surface area contributed by atoms with Gasteiger partial charge in [0.25, 0.3) is 0 Å². The molecule has 0 aromatic heterocycles. The topological polar surface area (TPSA) is 46.3 Å². The zero-order chi connectivity index (χ0) is 14.5. The van der Waals surface area contributed by atoms with Gasteiger partial charge in [0.2, 0.25) is 5.91 Å². The first kappa shape index (κ1) is 16.5. The van der Waals surface area contributed by atoms with Gasteiger partial charge in [0.1, 0.15) is 0 Å². The third-order valence-electron chi connectivity index (χ3n) is 4.65. The van der Waals surface area contributed by atoms with E-state index in [4.69, 9.17) is 5.73 Å². The van der Waals surface area contributed by atoms with Gasteiger partial charge in [-0.3, -0.25) is 4.79 Å². The maximum Gasteiger partial charge on any atom is 0.223 e. The molecule has 0 aromatic rings. The van der Waals surface area contributed by atoms with E-state index < -0.39 is 0 Å². The van der Waals surface area contributed by atoms with E-state index in [0.29, 0.717) is 30.8 Å². The van der Waals surface area contributed by atoms with Crippen molar-refractivity contribution in [3.63, 3.8) is 0 Å². The summed E-state index contributed by atoms with van der Waals surface area (Å²) in [5.74, 6) is 0.754. The summed E-state index contributed by atoms with van der Waals surface area (Å²) in [5, 5.41) is 0. The fraction of sp³-hybridized carbons (Fsp3) is 0.938. The van der Waals surface area contributed by atoms with Gasteiger partial charge in [0, 0.05) is 19.0 Å². The van der Waals surface area contributed by atoms with Crippen molar-refractivity contribution in [2.24, 2.45) is 17.1 Å². The maximum absolute atomic E-state index is 12.6. The molecule has 0 aromatic carbocycles. The Morgan fingerprint density at radius 1 is 1.32 bits per heavy atom. The summed E-state index contributed by atoms with van der Waals surface area (Å²) in [7, 11) is 0. The number of carbonyl (C=O) groups excluding carboxylic acids is 1. The van der Waals surface area contributed by atoms with E-state index in [1.54, 1.807) is 0 Å². The largest absolute Gasteiger partial charge is 0.340 e. The molecule has 0 radical (unpaired) electrons. The zero-order valence-corrected chi connectivity index (χ0v) is 13.2. The Morgan fingerprint density at radius 2 is 1.89 bits per heavy atom. The van der Waals surface area contributed by atoms with E-state index in [2.05, 4.69) is 32.6 Å². The van der Waals surface area contributed by atoms with Crippen LogP contribution in [0.3, 0.4) is 0 Å². The van der Waals surface area contributed by atoms with E-state index in [1.165, 1.54) is 25.7 Å². The molecule has 1 amide bonds. The average molecular weight is 268 g/mol. The molecule has 1 saturated carbocycles. The Bertz CT molecular complexity index is 277. The minimum absolute atomic E-state index is 0.199. The molecular formula is C16H32N2O. The lowest BCUT2D eigenvalue weighted by atomic mass is 9.80. The first-order valence-corrected chi connectivity index (χ1v) is 7.85. The molecule has 1 aliphatic carbocycles. The van der Waals surface area contributed by atoms with Crippen LogP contribution in [0.15, 0.2) is 0 Å². The first-order valence-electron chi connectivity index (χ1n) is 7.85. The molecule has 0 spiro atoms. The molecule has 3 nitrogen and oxygen atoms in total. The fourth-order valence-corrected chi connectivity index (χ4v) is 2.67. The van der Waals surface area contributed by atoms with E-state index in [-0.39, 0.29) is 5.41 Å². The SMILES string of the molecule is CC(CC(=O)N(CCCN)C1CCCC1)C(C)(C)C. The Balaban J connectivity index is 2.60. The highest BCUT2D eigenvalue weighted by Gasteiger charge is 2.29. The van der Waals surface area contributed by atoms with Crippen LogP contribution in [0.4, 0.5) is 0 Å². The number of amides is 1. The molecule has 0 saturated heterocycles. The van der Waals surface area contributed by atoms with Crippen molar-refractivity contribution in [3.05, 3.63) is 0 Å². The second-order valence-electron chi connectivity index (χ2n) is 7.14. The van der Waals surface area contributed by atoms with Crippen molar-refractivity contribution in [1.82, 2.24) is 4.90 Å². The van der Waals surface area contributed by atoms with Gasteiger partial charge in [-0.2, -0.15) is 0 Å². The normalized spacial score (nSPS) is 18.6. The Kier molecular flexibility index (Phi) is 6.31. The highest BCUT2D eigenvalue weighted by Crippen LogP contribution is 2.30. The molecule has 112 valence electrons. The van der Waals surface area contributed by atoms with Crippen molar-refractivity contribution in [2.75, 3.05) is 13.1 Å². The minimum atomic E-state index is 0.199. The molecule has 19 heavy (non-hydrogen) atoms. The third-order valence-corrected chi connectivity index (χ3v) is 4.65. The molecule has 0 bridgehead atoms. The van der Waals surface area contributed by atoms with Crippen LogP contribution >= 0.6 is 0 Å². The van der Waals surface area contributed by atoms with Crippen LogP contribution in [0.25, 0.3) is 0 Å². The van der Waals surface area contributed by atoms with Gasteiger partial charge in [0.05, 0.1) is 0 Å². The molecule has 1 aliphatic rings. The Labute approximate surface area is 118 Å². The molecule has 1 atom stereocenters. The lowest BCUT2D eigenvalue weighted by molar-refractivity contribution is -0.135. The molecule has 0 aliphatic heterocycles. The van der Waals surface area contributed by atoms with Gasteiger partial charge < -0.3 is 10.6 Å². The predicted octanol–water partition coefficient (Wildman–Crippen LogP) is 3.18. The summed E-state index contributed by atoms with van der Waals surface area (Å²) in [5.41, 5.74) is 5.81. The van der Waals surface area contributed by atoms with Crippen LogP contribution in [0.5, 0.6) is 0 Å².